The first kappa shape index (κ1) is 11.3. The van der Waals surface area contributed by atoms with E-state index in [0.717, 1.165) is 0 Å². The summed E-state index contributed by atoms with van der Waals surface area (Å²) in [7, 11) is 0. The maximum atomic E-state index is 11.7. The van der Waals surface area contributed by atoms with Gasteiger partial charge in [0.25, 0.3) is 0 Å². The van der Waals surface area contributed by atoms with Crippen LogP contribution in [-0.4, -0.2) is 31.2 Å². The molecule has 1 atom stereocenters. The molecule has 2 rings (SSSR count). The lowest BCUT2D eigenvalue weighted by molar-refractivity contribution is 0.224. The fraction of sp³-hybridized carbons (Fsp3) is 0.444. The Hall–Kier alpha value is -1.21. The fourth-order valence-corrected chi connectivity index (χ4v) is 1.87. The minimum Gasteiger partial charge on any atom is -0.394 e. The van der Waals surface area contributed by atoms with Crippen LogP contribution in [0.25, 0.3) is 11.3 Å². The largest absolute Gasteiger partial charge is 0.394 e. The second-order valence-corrected chi connectivity index (χ2v) is 4.22. The lowest BCUT2D eigenvalue weighted by Gasteiger charge is -2.12. The summed E-state index contributed by atoms with van der Waals surface area (Å²) < 4.78 is 1.99. The van der Waals surface area contributed by atoms with Crippen LogP contribution >= 0.6 is 15.9 Å². The number of aromatic amines is 1. The molecule has 0 bridgehead atoms. The normalized spacial score (nSPS) is 13.2. The third-order valence-electron chi connectivity index (χ3n) is 2.44. The van der Waals surface area contributed by atoms with Gasteiger partial charge in [0.1, 0.15) is 4.60 Å². The van der Waals surface area contributed by atoms with Gasteiger partial charge in [-0.25, -0.2) is 14.8 Å². The van der Waals surface area contributed by atoms with E-state index in [4.69, 9.17) is 0 Å². The number of nitrogens with zero attached hydrogens (tertiary/aromatic N) is 3. The maximum Gasteiger partial charge on any atom is 0.329 e. The smallest absolute Gasteiger partial charge is 0.329 e. The van der Waals surface area contributed by atoms with Crippen LogP contribution in [0.3, 0.4) is 0 Å². The summed E-state index contributed by atoms with van der Waals surface area (Å²) in [4.78, 5) is 22.5. The Balaban J connectivity index is 2.71. The van der Waals surface area contributed by atoms with E-state index < -0.39 is 0 Å². The highest BCUT2D eigenvalue weighted by molar-refractivity contribution is 9.10. The molecule has 6 nitrogen and oxygen atoms in total. The Morgan fingerprint density at radius 1 is 1.69 bits per heavy atom. The van der Waals surface area contributed by atoms with Crippen LogP contribution in [0.2, 0.25) is 0 Å². The van der Waals surface area contributed by atoms with Crippen molar-refractivity contribution in [3.8, 4) is 0 Å². The molecular formula is C9H11BrN4O2. The molecule has 7 heteroatoms. The van der Waals surface area contributed by atoms with Crippen molar-refractivity contribution in [2.75, 3.05) is 6.61 Å². The first-order valence-corrected chi connectivity index (χ1v) is 5.70. The average Bonchev–Trinajstić information content (AvgIpc) is 2.58. The Kier molecular flexibility index (Phi) is 3.06. The quantitative estimate of drug-likeness (QED) is 0.875. The predicted molar refractivity (Wildman–Crippen MR) is 62.3 cm³/mol. The second-order valence-electron chi connectivity index (χ2n) is 3.41. The number of fused-ring (bicyclic) bond motifs is 1. The highest BCUT2D eigenvalue weighted by Gasteiger charge is 2.16. The molecule has 0 aromatic carbocycles. The van der Waals surface area contributed by atoms with Crippen LogP contribution in [-0.2, 0) is 0 Å². The molecule has 0 amide bonds. The highest BCUT2D eigenvalue weighted by atomic mass is 79.9. The summed E-state index contributed by atoms with van der Waals surface area (Å²) in [5, 5.41) is 9.22. The van der Waals surface area contributed by atoms with Crippen molar-refractivity contribution in [2.24, 2.45) is 0 Å². The lowest BCUT2D eigenvalue weighted by Crippen LogP contribution is -2.24. The van der Waals surface area contributed by atoms with Crippen molar-refractivity contribution in [2.45, 2.75) is 19.4 Å². The number of aromatic nitrogens is 4. The SMILES string of the molecule is CCC(CO)n1c(=O)[nH]c2ncc(Br)nc21. The fourth-order valence-electron chi connectivity index (χ4n) is 1.60. The Morgan fingerprint density at radius 2 is 2.44 bits per heavy atom. The maximum absolute atomic E-state index is 11.7. The van der Waals surface area contributed by atoms with Gasteiger partial charge in [0.05, 0.1) is 18.8 Å². The van der Waals surface area contributed by atoms with E-state index in [1.165, 1.54) is 10.8 Å². The molecule has 86 valence electrons. The zero-order chi connectivity index (χ0) is 11.7. The summed E-state index contributed by atoms with van der Waals surface area (Å²) >= 11 is 3.20. The van der Waals surface area contributed by atoms with Crippen LogP contribution in [0, 0.1) is 0 Å². The second kappa shape index (κ2) is 4.34. The monoisotopic (exact) mass is 286 g/mol. The molecule has 0 aliphatic carbocycles. The van der Waals surface area contributed by atoms with Crippen molar-refractivity contribution in [1.29, 1.82) is 0 Å². The highest BCUT2D eigenvalue weighted by Crippen LogP contribution is 2.15. The van der Waals surface area contributed by atoms with Crippen LogP contribution in [0.15, 0.2) is 15.6 Å². The average molecular weight is 287 g/mol. The van der Waals surface area contributed by atoms with Crippen LogP contribution in [0.4, 0.5) is 0 Å². The van der Waals surface area contributed by atoms with Crippen molar-refractivity contribution in [3.63, 3.8) is 0 Å². The summed E-state index contributed by atoms with van der Waals surface area (Å²) in [5.74, 6) is 0. The van der Waals surface area contributed by atoms with Gasteiger partial charge in [0, 0.05) is 0 Å². The molecule has 0 aliphatic rings. The number of rotatable bonds is 3. The lowest BCUT2D eigenvalue weighted by atomic mass is 10.2. The van der Waals surface area contributed by atoms with Crippen LogP contribution in [0.1, 0.15) is 19.4 Å². The van der Waals surface area contributed by atoms with Gasteiger partial charge in [-0.05, 0) is 22.4 Å². The Bertz CT molecular complexity index is 558. The van der Waals surface area contributed by atoms with Gasteiger partial charge in [-0.1, -0.05) is 6.92 Å². The van der Waals surface area contributed by atoms with Gasteiger partial charge < -0.3 is 5.11 Å². The van der Waals surface area contributed by atoms with E-state index in [1.54, 1.807) is 0 Å². The minimum atomic E-state index is -0.297. The zero-order valence-electron chi connectivity index (χ0n) is 8.64. The number of halogens is 1. The van der Waals surface area contributed by atoms with E-state index in [9.17, 15) is 9.90 Å². The molecule has 2 aromatic rings. The molecule has 0 aliphatic heterocycles. The van der Waals surface area contributed by atoms with Crippen LogP contribution in [0.5, 0.6) is 0 Å². The van der Waals surface area contributed by atoms with Crippen molar-refractivity contribution in [1.82, 2.24) is 19.5 Å². The number of aliphatic hydroxyl groups is 1. The molecule has 0 saturated heterocycles. The van der Waals surface area contributed by atoms with E-state index in [1.807, 2.05) is 6.92 Å². The third-order valence-corrected chi connectivity index (χ3v) is 2.83. The minimum absolute atomic E-state index is 0.0996. The van der Waals surface area contributed by atoms with E-state index in [-0.39, 0.29) is 18.3 Å². The number of H-pyrrole nitrogens is 1. The number of hydrogen-bond donors (Lipinski definition) is 2. The zero-order valence-corrected chi connectivity index (χ0v) is 10.2. The molecule has 1 unspecified atom stereocenters. The number of nitrogens with one attached hydrogen (secondary N) is 1. The molecule has 16 heavy (non-hydrogen) atoms. The van der Waals surface area contributed by atoms with Crippen molar-refractivity contribution < 1.29 is 5.11 Å². The first-order valence-electron chi connectivity index (χ1n) is 4.91. The summed E-state index contributed by atoms with van der Waals surface area (Å²) in [6.45, 7) is 1.80. The molecule has 2 N–H and O–H groups in total. The van der Waals surface area contributed by atoms with Gasteiger partial charge in [0.2, 0.25) is 0 Å². The molecular weight excluding hydrogens is 276 g/mol. The van der Waals surface area contributed by atoms with Crippen molar-refractivity contribution in [3.05, 3.63) is 21.3 Å². The first-order chi connectivity index (χ1) is 7.67. The van der Waals surface area contributed by atoms with Crippen molar-refractivity contribution >= 4 is 27.2 Å². The van der Waals surface area contributed by atoms with Gasteiger partial charge in [0.15, 0.2) is 11.3 Å². The van der Waals surface area contributed by atoms with E-state index in [2.05, 4.69) is 30.9 Å². The third kappa shape index (κ3) is 1.76. The number of hydrogen-bond acceptors (Lipinski definition) is 4. The van der Waals surface area contributed by atoms with Gasteiger partial charge in [-0.3, -0.25) is 9.55 Å². The van der Waals surface area contributed by atoms with Gasteiger partial charge in [-0.2, -0.15) is 0 Å². The molecule has 0 fully saturated rings. The summed E-state index contributed by atoms with van der Waals surface area (Å²) in [5.41, 5.74) is 0.592. The van der Waals surface area contributed by atoms with Gasteiger partial charge in [-0.15, -0.1) is 0 Å². The van der Waals surface area contributed by atoms with Gasteiger partial charge >= 0.3 is 5.69 Å². The van der Waals surface area contributed by atoms with Crippen LogP contribution < -0.4 is 5.69 Å². The summed E-state index contributed by atoms with van der Waals surface area (Å²) in [6, 6.07) is -0.273. The molecule has 2 heterocycles. The summed E-state index contributed by atoms with van der Waals surface area (Å²) in [6.07, 6.45) is 2.17. The predicted octanol–water partition coefficient (Wildman–Crippen LogP) is 0.825. The standard InChI is InChI=1S/C9H11BrN4O2/c1-2-5(4-15)14-8-7(13-9(14)16)11-3-6(10)12-8/h3,5,15H,2,4H2,1H3,(H,11,13,16). The topological polar surface area (TPSA) is 83.8 Å². The molecule has 0 spiro atoms. The van der Waals surface area contributed by atoms with E-state index >= 15 is 0 Å². The number of imidazole rings is 1. The molecule has 2 aromatic heterocycles. The molecule has 0 saturated carbocycles. The Labute approximate surface area is 99.5 Å². The Morgan fingerprint density at radius 3 is 3.06 bits per heavy atom. The molecule has 0 radical (unpaired) electrons. The van der Waals surface area contributed by atoms with E-state index in [0.29, 0.717) is 22.3 Å². The number of aliphatic hydroxyl groups excluding tert-OH is 1.